The number of hydrogen-bond acceptors (Lipinski definition) is 5. The van der Waals surface area contributed by atoms with E-state index in [1.54, 1.807) is 6.07 Å². The van der Waals surface area contributed by atoms with E-state index in [-0.39, 0.29) is 24.8 Å². The molecule has 1 aromatic heterocycles. The first-order chi connectivity index (χ1) is 14.8. The van der Waals surface area contributed by atoms with Gasteiger partial charge in [-0.1, -0.05) is 17.3 Å². The summed E-state index contributed by atoms with van der Waals surface area (Å²) in [5.74, 6) is 1.01. The molecule has 1 unspecified atom stereocenters. The maximum absolute atomic E-state index is 12.9. The lowest BCUT2D eigenvalue weighted by molar-refractivity contribution is -0.137. The number of hydrogen-bond donors (Lipinski definition) is 0. The second-order valence-electron chi connectivity index (χ2n) is 7.29. The molecule has 31 heavy (non-hydrogen) atoms. The minimum absolute atomic E-state index is 0.0964. The Hall–Kier alpha value is -3.36. The Labute approximate surface area is 176 Å². The fourth-order valence-corrected chi connectivity index (χ4v) is 3.54. The SMILES string of the molecule is CCOc1ccc(-c2noc(C3CC(=O)N(Cc4cccc(C(F)(F)F)c4)C3)n2)cc1. The van der Waals surface area contributed by atoms with Crippen LogP contribution in [0.4, 0.5) is 13.2 Å². The van der Waals surface area contributed by atoms with Gasteiger partial charge in [0.2, 0.25) is 17.6 Å². The highest BCUT2D eigenvalue weighted by atomic mass is 19.4. The number of halogens is 3. The second-order valence-corrected chi connectivity index (χ2v) is 7.29. The van der Waals surface area contributed by atoms with Crippen molar-refractivity contribution >= 4 is 5.91 Å². The first-order valence-corrected chi connectivity index (χ1v) is 9.84. The highest BCUT2D eigenvalue weighted by Crippen LogP contribution is 2.32. The zero-order chi connectivity index (χ0) is 22.0. The maximum atomic E-state index is 12.9. The number of alkyl halides is 3. The summed E-state index contributed by atoms with van der Waals surface area (Å²) in [4.78, 5) is 18.3. The van der Waals surface area contributed by atoms with Gasteiger partial charge in [-0.05, 0) is 48.9 Å². The Morgan fingerprint density at radius 1 is 1.19 bits per heavy atom. The van der Waals surface area contributed by atoms with Gasteiger partial charge in [-0.25, -0.2) is 0 Å². The molecule has 9 heteroatoms. The fourth-order valence-electron chi connectivity index (χ4n) is 3.54. The highest BCUT2D eigenvalue weighted by Gasteiger charge is 2.35. The minimum atomic E-state index is -4.42. The van der Waals surface area contributed by atoms with E-state index < -0.39 is 11.7 Å². The molecule has 4 rings (SSSR count). The van der Waals surface area contributed by atoms with E-state index >= 15 is 0 Å². The number of ether oxygens (including phenoxy) is 1. The van der Waals surface area contributed by atoms with Crippen LogP contribution in [0.5, 0.6) is 5.75 Å². The van der Waals surface area contributed by atoms with Gasteiger partial charge in [0, 0.05) is 25.1 Å². The molecule has 1 aliphatic heterocycles. The molecule has 1 fully saturated rings. The molecule has 0 N–H and O–H groups in total. The Morgan fingerprint density at radius 3 is 2.68 bits per heavy atom. The Bertz CT molecular complexity index is 1060. The van der Waals surface area contributed by atoms with Gasteiger partial charge in [-0.3, -0.25) is 4.79 Å². The van der Waals surface area contributed by atoms with Crippen LogP contribution in [-0.4, -0.2) is 34.1 Å². The van der Waals surface area contributed by atoms with Crippen LogP contribution in [0.15, 0.2) is 53.1 Å². The molecule has 1 amide bonds. The summed E-state index contributed by atoms with van der Waals surface area (Å²) in [7, 11) is 0. The largest absolute Gasteiger partial charge is 0.494 e. The monoisotopic (exact) mass is 431 g/mol. The third kappa shape index (κ3) is 4.70. The smallest absolute Gasteiger partial charge is 0.416 e. The Kier molecular flexibility index (Phi) is 5.67. The molecule has 1 atom stereocenters. The maximum Gasteiger partial charge on any atom is 0.416 e. The van der Waals surface area contributed by atoms with Crippen molar-refractivity contribution in [3.8, 4) is 17.1 Å². The lowest BCUT2D eigenvalue weighted by Crippen LogP contribution is -2.24. The minimum Gasteiger partial charge on any atom is -0.494 e. The molecule has 0 bridgehead atoms. The van der Waals surface area contributed by atoms with Gasteiger partial charge in [0.1, 0.15) is 5.75 Å². The molecular formula is C22H20F3N3O3. The third-order valence-corrected chi connectivity index (χ3v) is 5.06. The molecule has 162 valence electrons. The summed E-state index contributed by atoms with van der Waals surface area (Å²) in [6.07, 6.45) is -4.25. The van der Waals surface area contributed by atoms with Gasteiger partial charge in [0.05, 0.1) is 18.1 Å². The Morgan fingerprint density at radius 2 is 1.97 bits per heavy atom. The zero-order valence-corrected chi connectivity index (χ0v) is 16.7. The molecule has 0 spiro atoms. The van der Waals surface area contributed by atoms with E-state index in [4.69, 9.17) is 9.26 Å². The molecule has 0 aliphatic carbocycles. The summed E-state index contributed by atoms with van der Waals surface area (Å²) >= 11 is 0. The van der Waals surface area contributed by atoms with Crippen LogP contribution in [0.25, 0.3) is 11.4 Å². The Balaban J connectivity index is 1.44. The van der Waals surface area contributed by atoms with Crippen LogP contribution in [0.1, 0.15) is 36.3 Å². The topological polar surface area (TPSA) is 68.5 Å². The van der Waals surface area contributed by atoms with Gasteiger partial charge in [0.25, 0.3) is 0 Å². The van der Waals surface area contributed by atoms with Crippen molar-refractivity contribution in [2.75, 3.05) is 13.2 Å². The van der Waals surface area contributed by atoms with Gasteiger partial charge >= 0.3 is 6.18 Å². The van der Waals surface area contributed by atoms with E-state index in [1.165, 1.54) is 11.0 Å². The second kappa shape index (κ2) is 8.41. The van der Waals surface area contributed by atoms with Gasteiger partial charge in [0.15, 0.2) is 0 Å². The molecule has 1 saturated heterocycles. The van der Waals surface area contributed by atoms with Crippen molar-refractivity contribution in [3.63, 3.8) is 0 Å². The van der Waals surface area contributed by atoms with Crippen molar-refractivity contribution in [2.45, 2.75) is 32.0 Å². The first kappa shape index (κ1) is 20.9. The summed E-state index contributed by atoms with van der Waals surface area (Å²) in [5.41, 5.74) is 0.443. The molecule has 1 aliphatic rings. The molecule has 3 aromatic rings. The molecule has 6 nitrogen and oxygen atoms in total. The van der Waals surface area contributed by atoms with E-state index in [2.05, 4.69) is 10.1 Å². The van der Waals surface area contributed by atoms with E-state index in [0.29, 0.717) is 30.4 Å². The summed E-state index contributed by atoms with van der Waals surface area (Å²) in [6.45, 7) is 2.87. The number of nitrogens with zero attached hydrogens (tertiary/aromatic N) is 3. The van der Waals surface area contributed by atoms with Crippen molar-refractivity contribution in [1.29, 1.82) is 0 Å². The van der Waals surface area contributed by atoms with Crippen LogP contribution in [0.3, 0.4) is 0 Å². The number of aromatic nitrogens is 2. The highest BCUT2D eigenvalue weighted by molar-refractivity contribution is 5.79. The van der Waals surface area contributed by atoms with E-state index in [9.17, 15) is 18.0 Å². The summed E-state index contributed by atoms with van der Waals surface area (Å²) in [5, 5.41) is 4.00. The predicted molar refractivity (Wildman–Crippen MR) is 105 cm³/mol. The van der Waals surface area contributed by atoms with Gasteiger partial charge < -0.3 is 14.2 Å². The normalized spacial score (nSPS) is 16.7. The van der Waals surface area contributed by atoms with Gasteiger partial charge in [-0.2, -0.15) is 18.2 Å². The summed E-state index contributed by atoms with van der Waals surface area (Å²) in [6, 6.07) is 12.3. The van der Waals surface area contributed by atoms with E-state index in [0.717, 1.165) is 23.4 Å². The number of rotatable bonds is 6. The number of benzene rings is 2. The lowest BCUT2D eigenvalue weighted by Gasteiger charge is -2.17. The van der Waals surface area contributed by atoms with Crippen molar-refractivity contribution in [2.24, 2.45) is 0 Å². The molecule has 2 heterocycles. The third-order valence-electron chi connectivity index (χ3n) is 5.06. The number of carbonyl (C=O) groups excluding carboxylic acids is 1. The van der Waals surface area contributed by atoms with Crippen molar-refractivity contribution in [1.82, 2.24) is 15.0 Å². The van der Waals surface area contributed by atoms with Crippen molar-refractivity contribution in [3.05, 3.63) is 65.5 Å². The number of amides is 1. The molecule has 0 radical (unpaired) electrons. The number of likely N-dealkylation sites (tertiary alicyclic amines) is 1. The predicted octanol–water partition coefficient (Wildman–Crippen LogP) is 4.67. The van der Waals surface area contributed by atoms with Crippen LogP contribution < -0.4 is 4.74 Å². The van der Waals surface area contributed by atoms with Crippen LogP contribution in [-0.2, 0) is 17.5 Å². The average molecular weight is 431 g/mol. The van der Waals surface area contributed by atoms with E-state index in [1.807, 2.05) is 31.2 Å². The fraction of sp³-hybridized carbons (Fsp3) is 0.318. The van der Waals surface area contributed by atoms with Crippen molar-refractivity contribution < 1.29 is 27.2 Å². The van der Waals surface area contributed by atoms with Gasteiger partial charge in [-0.15, -0.1) is 0 Å². The average Bonchev–Trinajstić information content (AvgIpc) is 3.36. The molecule has 2 aromatic carbocycles. The molecular weight excluding hydrogens is 411 g/mol. The zero-order valence-electron chi connectivity index (χ0n) is 16.7. The first-order valence-electron chi connectivity index (χ1n) is 9.84. The lowest BCUT2D eigenvalue weighted by atomic mass is 10.1. The quantitative estimate of drug-likeness (QED) is 0.567. The van der Waals surface area contributed by atoms with Crippen LogP contribution >= 0.6 is 0 Å². The number of carbonyl (C=O) groups is 1. The summed E-state index contributed by atoms with van der Waals surface area (Å²) < 4.78 is 49.6. The van der Waals surface area contributed by atoms with Crippen LogP contribution in [0.2, 0.25) is 0 Å². The molecule has 0 saturated carbocycles. The standard InChI is InChI=1S/C22H20F3N3O3/c1-2-30-18-8-6-15(7-9-18)20-26-21(31-27-20)16-11-19(29)28(13-16)12-14-4-3-5-17(10-14)22(23,24)25/h3-10,16H,2,11-13H2,1H3. The van der Waals surface area contributed by atoms with Crippen LogP contribution in [0, 0.1) is 0 Å².